The highest BCUT2D eigenvalue weighted by molar-refractivity contribution is 7.08. The van der Waals surface area contributed by atoms with Gasteiger partial charge >= 0.3 is 5.97 Å². The van der Waals surface area contributed by atoms with Crippen LogP contribution in [0, 0.1) is 0 Å². The largest absolute Gasteiger partial charge is 0.467 e. The Bertz CT molecular complexity index is 691. The van der Waals surface area contributed by atoms with E-state index in [0.29, 0.717) is 29.7 Å². The molecule has 1 unspecified atom stereocenters. The van der Waals surface area contributed by atoms with Crippen LogP contribution in [0.3, 0.4) is 0 Å². The van der Waals surface area contributed by atoms with E-state index in [1.807, 2.05) is 36.7 Å². The number of hydrogen-bond donors (Lipinski definition) is 0. The van der Waals surface area contributed by atoms with E-state index in [0.717, 1.165) is 12.0 Å². The van der Waals surface area contributed by atoms with Crippen LogP contribution in [0.5, 0.6) is 0 Å². The molecule has 2 aromatic rings. The van der Waals surface area contributed by atoms with Crippen molar-refractivity contribution < 1.29 is 19.1 Å². The Hall–Kier alpha value is -1.98. The number of ketones is 1. The third-order valence-electron chi connectivity index (χ3n) is 3.77. The molecule has 0 bridgehead atoms. The molecule has 128 valence electrons. The quantitative estimate of drug-likeness (QED) is 0.531. The summed E-state index contributed by atoms with van der Waals surface area (Å²) in [6.07, 6.45) is 0.585. The van der Waals surface area contributed by atoms with Gasteiger partial charge < -0.3 is 9.47 Å². The summed E-state index contributed by atoms with van der Waals surface area (Å²) in [6.45, 7) is 4.38. The number of esters is 1. The van der Waals surface area contributed by atoms with Gasteiger partial charge in [-0.25, -0.2) is 4.79 Å². The number of rotatable bonds is 8. The smallest absolute Gasteiger partial charge is 0.339 e. The van der Waals surface area contributed by atoms with Gasteiger partial charge in [0.1, 0.15) is 0 Å². The van der Waals surface area contributed by atoms with Gasteiger partial charge in [0.25, 0.3) is 0 Å². The Morgan fingerprint density at radius 2 is 2.00 bits per heavy atom. The molecule has 4 nitrogen and oxygen atoms in total. The highest BCUT2D eigenvalue weighted by Crippen LogP contribution is 2.29. The molecular weight excluding hydrogens is 324 g/mol. The highest BCUT2D eigenvalue weighted by Gasteiger charge is 2.29. The predicted molar refractivity (Wildman–Crippen MR) is 94.6 cm³/mol. The maximum absolute atomic E-state index is 12.9. The van der Waals surface area contributed by atoms with Crippen LogP contribution >= 0.6 is 11.3 Å². The minimum atomic E-state index is -0.885. The van der Waals surface area contributed by atoms with Crippen molar-refractivity contribution in [1.29, 1.82) is 0 Å². The summed E-state index contributed by atoms with van der Waals surface area (Å²) in [6, 6.07) is 7.30. The molecular formula is C19H22O4S. The molecule has 1 heterocycles. The number of thiophene rings is 1. The van der Waals surface area contributed by atoms with Gasteiger partial charge in [-0.3, -0.25) is 4.79 Å². The van der Waals surface area contributed by atoms with Crippen LogP contribution in [-0.4, -0.2) is 25.5 Å². The summed E-state index contributed by atoms with van der Waals surface area (Å²) in [5, 5.41) is 3.67. The van der Waals surface area contributed by atoms with Crippen molar-refractivity contribution in [3.63, 3.8) is 0 Å². The molecule has 0 N–H and O–H groups in total. The average molecular weight is 346 g/mol. The van der Waals surface area contributed by atoms with Crippen molar-refractivity contribution in [2.24, 2.45) is 0 Å². The molecule has 0 spiro atoms. The lowest BCUT2D eigenvalue weighted by molar-refractivity contribution is -0.154. The van der Waals surface area contributed by atoms with E-state index in [1.165, 1.54) is 18.4 Å². The van der Waals surface area contributed by atoms with Gasteiger partial charge in [0, 0.05) is 28.7 Å². The standard InChI is InChI=1S/C19H22O4S/c1-4-10-23-18(19(21)22-3)16-13(5-2)7-6-8-15(16)17(20)14-9-11-24-12-14/h6-9,11-12,18H,4-5,10H2,1-3H3. The third kappa shape index (κ3) is 3.91. The molecule has 0 amide bonds. The van der Waals surface area contributed by atoms with Gasteiger partial charge in [-0.1, -0.05) is 32.0 Å². The van der Waals surface area contributed by atoms with E-state index in [1.54, 1.807) is 12.1 Å². The highest BCUT2D eigenvalue weighted by atomic mass is 32.1. The van der Waals surface area contributed by atoms with Gasteiger partial charge in [-0.05, 0) is 29.9 Å². The zero-order valence-corrected chi connectivity index (χ0v) is 15.0. The Balaban J connectivity index is 2.56. The molecule has 0 aliphatic carbocycles. The Labute approximate surface area is 146 Å². The Morgan fingerprint density at radius 3 is 2.58 bits per heavy atom. The number of aryl methyl sites for hydroxylation is 1. The second-order valence-corrected chi connectivity index (χ2v) is 6.13. The van der Waals surface area contributed by atoms with Crippen LogP contribution in [0.1, 0.15) is 53.4 Å². The summed E-state index contributed by atoms with van der Waals surface area (Å²) in [5.74, 6) is -0.584. The first-order valence-corrected chi connectivity index (χ1v) is 8.96. The minimum absolute atomic E-state index is 0.101. The Kier molecular flexibility index (Phi) is 6.70. The van der Waals surface area contributed by atoms with E-state index in [9.17, 15) is 9.59 Å². The SMILES string of the molecule is CCCOC(C(=O)OC)c1c(CC)cccc1C(=O)c1ccsc1. The molecule has 0 fully saturated rings. The van der Waals surface area contributed by atoms with E-state index < -0.39 is 12.1 Å². The minimum Gasteiger partial charge on any atom is -0.467 e. The number of ether oxygens (including phenoxy) is 2. The summed E-state index contributed by atoms with van der Waals surface area (Å²) in [5.41, 5.74) is 2.66. The van der Waals surface area contributed by atoms with Crippen LogP contribution in [0.15, 0.2) is 35.0 Å². The van der Waals surface area contributed by atoms with Crippen LogP contribution in [0.25, 0.3) is 0 Å². The topological polar surface area (TPSA) is 52.6 Å². The van der Waals surface area contributed by atoms with E-state index >= 15 is 0 Å². The molecule has 1 aromatic carbocycles. The van der Waals surface area contributed by atoms with Crippen LogP contribution < -0.4 is 0 Å². The van der Waals surface area contributed by atoms with Crippen LogP contribution in [0.2, 0.25) is 0 Å². The monoisotopic (exact) mass is 346 g/mol. The first kappa shape index (κ1) is 18.4. The predicted octanol–water partition coefficient (Wildman–Crippen LogP) is 4.18. The first-order chi connectivity index (χ1) is 11.6. The molecule has 0 saturated carbocycles. The molecule has 24 heavy (non-hydrogen) atoms. The summed E-state index contributed by atoms with van der Waals surface area (Å²) in [7, 11) is 1.33. The average Bonchev–Trinajstić information content (AvgIpc) is 3.15. The van der Waals surface area contributed by atoms with Gasteiger partial charge in [-0.2, -0.15) is 11.3 Å². The van der Waals surface area contributed by atoms with Crippen LogP contribution in [0.4, 0.5) is 0 Å². The lowest BCUT2D eigenvalue weighted by Crippen LogP contribution is -2.22. The summed E-state index contributed by atoms with van der Waals surface area (Å²) in [4.78, 5) is 25.2. The zero-order chi connectivity index (χ0) is 17.5. The van der Waals surface area contributed by atoms with Crippen molar-refractivity contribution in [1.82, 2.24) is 0 Å². The fourth-order valence-electron chi connectivity index (χ4n) is 2.59. The molecule has 2 rings (SSSR count). The number of benzene rings is 1. The molecule has 0 aliphatic rings. The number of methoxy groups -OCH3 is 1. The number of hydrogen-bond acceptors (Lipinski definition) is 5. The van der Waals surface area contributed by atoms with Gasteiger partial charge in [0.2, 0.25) is 0 Å². The van der Waals surface area contributed by atoms with Crippen molar-refractivity contribution in [2.45, 2.75) is 32.8 Å². The second-order valence-electron chi connectivity index (χ2n) is 5.35. The normalized spacial score (nSPS) is 12.0. The summed E-state index contributed by atoms with van der Waals surface area (Å²) >= 11 is 1.47. The lowest BCUT2D eigenvalue weighted by atomic mass is 9.91. The number of carbonyl (C=O) groups excluding carboxylic acids is 2. The molecule has 0 radical (unpaired) electrons. The summed E-state index contributed by atoms with van der Waals surface area (Å²) < 4.78 is 10.7. The molecule has 1 atom stereocenters. The number of carbonyl (C=O) groups is 2. The molecule has 0 aliphatic heterocycles. The molecule has 0 saturated heterocycles. The van der Waals surface area contributed by atoms with Crippen molar-refractivity contribution >= 4 is 23.1 Å². The zero-order valence-electron chi connectivity index (χ0n) is 14.2. The maximum atomic E-state index is 12.9. The first-order valence-electron chi connectivity index (χ1n) is 8.02. The van der Waals surface area contributed by atoms with Crippen molar-refractivity contribution in [3.05, 3.63) is 57.3 Å². The van der Waals surface area contributed by atoms with E-state index in [4.69, 9.17) is 9.47 Å². The second kappa shape index (κ2) is 8.76. The van der Waals surface area contributed by atoms with Gasteiger partial charge in [-0.15, -0.1) is 0 Å². The molecule has 1 aromatic heterocycles. The molecule has 5 heteroatoms. The third-order valence-corrected chi connectivity index (χ3v) is 4.45. The van der Waals surface area contributed by atoms with Gasteiger partial charge in [0.05, 0.1) is 7.11 Å². The van der Waals surface area contributed by atoms with E-state index in [2.05, 4.69) is 0 Å². The van der Waals surface area contributed by atoms with Crippen molar-refractivity contribution in [2.75, 3.05) is 13.7 Å². The Morgan fingerprint density at radius 1 is 1.21 bits per heavy atom. The maximum Gasteiger partial charge on any atom is 0.339 e. The fourth-order valence-corrected chi connectivity index (χ4v) is 3.23. The lowest BCUT2D eigenvalue weighted by Gasteiger charge is -2.21. The van der Waals surface area contributed by atoms with Crippen LogP contribution in [-0.2, 0) is 20.7 Å². The van der Waals surface area contributed by atoms with Gasteiger partial charge in [0.15, 0.2) is 11.9 Å². The fraction of sp³-hybridized carbons (Fsp3) is 0.368. The van der Waals surface area contributed by atoms with Crippen molar-refractivity contribution in [3.8, 4) is 0 Å². The van der Waals surface area contributed by atoms with E-state index in [-0.39, 0.29) is 5.78 Å².